The minimum absolute atomic E-state index is 0.00919. The fourth-order valence-corrected chi connectivity index (χ4v) is 6.36. The third-order valence-electron chi connectivity index (χ3n) is 7.51. The molecule has 8 unspecified atom stereocenters. The molecule has 4 fully saturated rings. The van der Waals surface area contributed by atoms with Crippen LogP contribution in [0.2, 0.25) is 0 Å². The van der Waals surface area contributed by atoms with Gasteiger partial charge in [0.25, 0.3) is 0 Å². The van der Waals surface area contributed by atoms with Crippen LogP contribution in [0.4, 0.5) is 0 Å². The summed E-state index contributed by atoms with van der Waals surface area (Å²) in [5, 5.41) is 9.79. The van der Waals surface area contributed by atoms with Crippen molar-refractivity contribution in [1.29, 1.82) is 0 Å². The average Bonchev–Trinajstić information content (AvgIpc) is 3.29. The second-order valence-corrected chi connectivity index (χ2v) is 10.9. The number of halogens is 2. The quantitative estimate of drug-likeness (QED) is 0.208. The molecule has 6 N–H and O–H groups in total. The number of hydroxylamine groups is 1. The lowest BCUT2D eigenvalue weighted by atomic mass is 9.76. The monoisotopic (exact) mass is 504 g/mol. The highest BCUT2D eigenvalue weighted by atomic mass is 35.5. The smallest absolute Gasteiger partial charge is 0.237 e. The fraction of sp³-hybridized carbons (Fsp3) is 0.909. The van der Waals surface area contributed by atoms with Crippen LogP contribution < -0.4 is 32.3 Å². The van der Waals surface area contributed by atoms with Crippen molar-refractivity contribution < 1.29 is 14.4 Å². The van der Waals surface area contributed by atoms with Crippen molar-refractivity contribution in [3.8, 4) is 0 Å². The van der Waals surface area contributed by atoms with E-state index in [4.69, 9.17) is 28.0 Å². The summed E-state index contributed by atoms with van der Waals surface area (Å²) < 4.78 is 0. The molecule has 4 aliphatic rings. The zero-order chi connectivity index (χ0) is 23.2. The van der Waals surface area contributed by atoms with E-state index in [2.05, 4.69) is 32.3 Å². The van der Waals surface area contributed by atoms with Crippen LogP contribution in [0.5, 0.6) is 0 Å². The molecule has 0 radical (unpaired) electrons. The minimum atomic E-state index is -0.210. The van der Waals surface area contributed by atoms with Gasteiger partial charge in [-0.15, -0.1) is 23.2 Å². The summed E-state index contributed by atoms with van der Waals surface area (Å²) in [5.41, 5.74) is 8.95. The van der Waals surface area contributed by atoms with E-state index in [9.17, 15) is 9.59 Å². The third-order valence-corrected chi connectivity index (χ3v) is 8.76. The van der Waals surface area contributed by atoms with Gasteiger partial charge in [-0.3, -0.25) is 25.2 Å². The molecule has 2 saturated heterocycles. The standard InChI is InChI=1S/C22H38Cl2N6O3/c23-16-8-3-7-15(19(16)24)21-27-18(33-30-21)10-9-17(31)25-11-4-12-26-20-13-5-1-2-6-14(13)22(32)29-28-20/h13-16,18-21,26-28,30H,1-12H2,(H,25,31)(H,29,32). The van der Waals surface area contributed by atoms with Gasteiger partial charge >= 0.3 is 0 Å². The highest BCUT2D eigenvalue weighted by Crippen LogP contribution is 2.35. The number of hydrazine groups is 1. The van der Waals surface area contributed by atoms with Gasteiger partial charge < -0.3 is 10.6 Å². The second kappa shape index (κ2) is 12.3. The fourth-order valence-electron chi connectivity index (χ4n) is 5.62. The van der Waals surface area contributed by atoms with Gasteiger partial charge in [0.1, 0.15) is 6.23 Å². The minimum Gasteiger partial charge on any atom is -0.356 e. The Morgan fingerprint density at radius 1 is 1.06 bits per heavy atom. The van der Waals surface area contributed by atoms with E-state index in [1.165, 1.54) is 6.42 Å². The molecule has 2 amide bonds. The number of carbonyl (C=O) groups excluding carboxylic acids is 2. The Kier molecular flexibility index (Phi) is 9.50. The van der Waals surface area contributed by atoms with Gasteiger partial charge in [0.15, 0.2) is 0 Å². The maximum absolute atomic E-state index is 12.2. The lowest BCUT2D eigenvalue weighted by Crippen LogP contribution is -2.64. The van der Waals surface area contributed by atoms with Crippen molar-refractivity contribution in [2.24, 2.45) is 17.8 Å². The first-order valence-electron chi connectivity index (χ1n) is 12.5. The first-order valence-corrected chi connectivity index (χ1v) is 13.4. The molecule has 0 aromatic carbocycles. The molecule has 2 saturated carbocycles. The number of rotatable bonds is 9. The SMILES string of the molecule is O=C(CCC1NC(C2CCCC(Cl)C2Cl)NO1)NCCCNC1NNC(=O)C2CCCCC12. The zero-order valence-electron chi connectivity index (χ0n) is 19.1. The number of hydrogen-bond acceptors (Lipinski definition) is 7. The molecule has 4 rings (SSSR count). The second-order valence-electron chi connectivity index (χ2n) is 9.79. The summed E-state index contributed by atoms with van der Waals surface area (Å²) in [7, 11) is 0. The van der Waals surface area contributed by atoms with Gasteiger partial charge in [-0.2, -0.15) is 5.48 Å². The Hall–Kier alpha value is -0.680. The predicted octanol–water partition coefficient (Wildman–Crippen LogP) is 1.42. The van der Waals surface area contributed by atoms with Crippen molar-refractivity contribution in [2.75, 3.05) is 13.1 Å². The lowest BCUT2D eigenvalue weighted by molar-refractivity contribution is -0.134. The molecular formula is C22H38Cl2N6O3. The first kappa shape index (κ1) is 25.4. The number of alkyl halides is 2. The molecular weight excluding hydrogens is 467 g/mol. The van der Waals surface area contributed by atoms with Crippen molar-refractivity contribution >= 4 is 35.0 Å². The van der Waals surface area contributed by atoms with E-state index in [0.29, 0.717) is 25.3 Å². The van der Waals surface area contributed by atoms with Crippen LogP contribution in [0, 0.1) is 17.8 Å². The first-order chi connectivity index (χ1) is 16.0. The van der Waals surface area contributed by atoms with E-state index < -0.39 is 0 Å². The van der Waals surface area contributed by atoms with Crippen LogP contribution >= 0.6 is 23.2 Å². The summed E-state index contributed by atoms with van der Waals surface area (Å²) in [4.78, 5) is 29.9. The zero-order valence-corrected chi connectivity index (χ0v) is 20.6. The molecule has 0 spiro atoms. The van der Waals surface area contributed by atoms with Crippen LogP contribution in [0.1, 0.15) is 64.2 Å². The van der Waals surface area contributed by atoms with Gasteiger partial charge in [-0.25, -0.2) is 5.43 Å². The number of hydrogen-bond donors (Lipinski definition) is 6. The molecule has 0 bridgehead atoms. The molecule has 2 heterocycles. The Bertz CT molecular complexity index is 674. The summed E-state index contributed by atoms with van der Waals surface area (Å²) in [6, 6.07) is 0. The summed E-state index contributed by atoms with van der Waals surface area (Å²) in [6.07, 6.45) is 9.06. The molecule has 2 aliphatic heterocycles. The van der Waals surface area contributed by atoms with E-state index in [0.717, 1.165) is 51.5 Å². The number of amides is 2. The maximum atomic E-state index is 12.2. The maximum Gasteiger partial charge on any atom is 0.237 e. The highest BCUT2D eigenvalue weighted by molar-refractivity contribution is 6.30. The Morgan fingerprint density at radius 3 is 2.76 bits per heavy atom. The highest BCUT2D eigenvalue weighted by Gasteiger charge is 2.40. The topological polar surface area (TPSA) is 116 Å². The van der Waals surface area contributed by atoms with Crippen molar-refractivity contribution in [3.63, 3.8) is 0 Å². The van der Waals surface area contributed by atoms with E-state index in [1.54, 1.807) is 0 Å². The molecule has 0 aromatic rings. The van der Waals surface area contributed by atoms with Crippen LogP contribution in [-0.4, -0.2) is 54.2 Å². The number of carbonyl (C=O) groups is 2. The molecule has 33 heavy (non-hydrogen) atoms. The van der Waals surface area contributed by atoms with E-state index >= 15 is 0 Å². The van der Waals surface area contributed by atoms with Gasteiger partial charge in [0.2, 0.25) is 11.8 Å². The molecule has 188 valence electrons. The Labute approximate surface area is 206 Å². The average molecular weight is 505 g/mol. The molecule has 0 aromatic heterocycles. The molecule has 8 atom stereocenters. The van der Waals surface area contributed by atoms with Crippen LogP contribution in [0.3, 0.4) is 0 Å². The van der Waals surface area contributed by atoms with E-state index in [1.807, 2.05) is 0 Å². The van der Waals surface area contributed by atoms with Gasteiger partial charge in [-0.05, 0) is 45.1 Å². The summed E-state index contributed by atoms with van der Waals surface area (Å²) in [6.45, 7) is 1.39. The number of nitrogens with one attached hydrogen (secondary N) is 6. The van der Waals surface area contributed by atoms with Crippen LogP contribution in [0.15, 0.2) is 0 Å². The van der Waals surface area contributed by atoms with Crippen molar-refractivity contribution in [2.45, 2.75) is 93.5 Å². The van der Waals surface area contributed by atoms with Crippen molar-refractivity contribution in [3.05, 3.63) is 0 Å². The van der Waals surface area contributed by atoms with Gasteiger partial charge in [0.05, 0.1) is 23.1 Å². The molecule has 2 aliphatic carbocycles. The summed E-state index contributed by atoms with van der Waals surface area (Å²) >= 11 is 12.8. The molecule has 11 heteroatoms. The normalized spacial score (nSPS) is 39.0. The third kappa shape index (κ3) is 6.72. The Balaban J connectivity index is 1.07. The Morgan fingerprint density at radius 2 is 1.88 bits per heavy atom. The van der Waals surface area contributed by atoms with Crippen LogP contribution in [0.25, 0.3) is 0 Å². The van der Waals surface area contributed by atoms with Crippen LogP contribution in [-0.2, 0) is 14.4 Å². The number of fused-ring (bicyclic) bond motifs is 1. The summed E-state index contributed by atoms with van der Waals surface area (Å²) in [5.74, 6) is 0.814. The van der Waals surface area contributed by atoms with E-state index in [-0.39, 0.29) is 53.0 Å². The predicted molar refractivity (Wildman–Crippen MR) is 127 cm³/mol. The van der Waals surface area contributed by atoms with Crippen molar-refractivity contribution in [1.82, 2.24) is 32.3 Å². The molecule has 9 nitrogen and oxygen atoms in total. The van der Waals surface area contributed by atoms with Gasteiger partial charge in [-0.1, -0.05) is 19.3 Å². The lowest BCUT2D eigenvalue weighted by Gasteiger charge is -2.41. The van der Waals surface area contributed by atoms with Gasteiger partial charge in [0, 0.05) is 30.7 Å². The largest absolute Gasteiger partial charge is 0.356 e.